The van der Waals surface area contributed by atoms with Crippen molar-refractivity contribution >= 4 is 22.8 Å². The Hall–Kier alpha value is -2.83. The Balaban J connectivity index is 1.71. The van der Waals surface area contributed by atoms with Crippen molar-refractivity contribution in [3.05, 3.63) is 40.8 Å². The van der Waals surface area contributed by atoms with E-state index in [0.717, 1.165) is 5.39 Å². The first kappa shape index (κ1) is 17.5. The van der Waals surface area contributed by atoms with Crippen molar-refractivity contribution in [2.45, 2.75) is 25.7 Å². The van der Waals surface area contributed by atoms with Crippen LogP contribution >= 0.6 is 0 Å². The average Bonchev–Trinajstić information content (AvgIpc) is 2.55. The van der Waals surface area contributed by atoms with E-state index in [1.54, 1.807) is 24.3 Å². The lowest BCUT2D eigenvalue weighted by Crippen LogP contribution is -2.29. The zero-order valence-corrected chi connectivity index (χ0v) is 13.1. The minimum atomic E-state index is -1.06. The third-order valence-corrected chi connectivity index (χ3v) is 3.34. The molecule has 0 aliphatic rings. The smallest absolute Gasteiger partial charge is 0.336 e. The summed E-state index contributed by atoms with van der Waals surface area (Å²) in [5.74, 6) is -0.899. The van der Waals surface area contributed by atoms with Crippen LogP contribution in [-0.2, 0) is 9.59 Å². The number of fused-ring (bicyclic) bond motifs is 1. The minimum absolute atomic E-state index is 0.0369. The first-order valence-corrected chi connectivity index (χ1v) is 7.68. The molecule has 7 heteroatoms. The highest BCUT2D eigenvalue weighted by Crippen LogP contribution is 2.19. The van der Waals surface area contributed by atoms with Crippen LogP contribution in [-0.4, -0.2) is 25.0 Å². The number of ether oxygens (including phenoxy) is 1. The van der Waals surface area contributed by atoms with E-state index in [4.69, 9.17) is 9.15 Å². The maximum Gasteiger partial charge on any atom is 0.336 e. The van der Waals surface area contributed by atoms with Crippen LogP contribution in [0.2, 0.25) is 0 Å². The van der Waals surface area contributed by atoms with Crippen molar-refractivity contribution in [3.63, 3.8) is 0 Å². The molecule has 0 unspecified atom stereocenters. The highest BCUT2D eigenvalue weighted by atomic mass is 16.5. The molecule has 7 nitrogen and oxygen atoms in total. The van der Waals surface area contributed by atoms with Crippen LogP contribution in [0.25, 0.3) is 11.0 Å². The second kappa shape index (κ2) is 8.71. The van der Waals surface area contributed by atoms with Gasteiger partial charge < -0.3 is 24.4 Å². The molecule has 0 bridgehead atoms. The number of benzene rings is 1. The lowest BCUT2D eigenvalue weighted by molar-refractivity contribution is -0.305. The van der Waals surface area contributed by atoms with Gasteiger partial charge in [-0.05, 0) is 37.5 Å². The van der Waals surface area contributed by atoms with E-state index < -0.39 is 11.6 Å². The number of rotatable bonds is 9. The lowest BCUT2D eigenvalue weighted by Gasteiger charge is -2.08. The molecule has 1 amide bonds. The molecule has 0 spiro atoms. The Morgan fingerprint density at radius 2 is 1.92 bits per heavy atom. The molecule has 1 aromatic heterocycles. The van der Waals surface area contributed by atoms with E-state index in [2.05, 4.69) is 5.32 Å². The number of nitrogens with one attached hydrogen (secondary N) is 1. The molecule has 128 valence electrons. The van der Waals surface area contributed by atoms with Crippen molar-refractivity contribution in [2.24, 2.45) is 0 Å². The molecule has 0 atom stereocenters. The molecule has 2 aromatic rings. The van der Waals surface area contributed by atoms with Crippen molar-refractivity contribution in [3.8, 4) is 5.75 Å². The van der Waals surface area contributed by atoms with Gasteiger partial charge in [0.05, 0.1) is 0 Å². The Bertz CT molecular complexity index is 767. The van der Waals surface area contributed by atoms with Crippen LogP contribution in [0.1, 0.15) is 25.7 Å². The Morgan fingerprint density at radius 1 is 1.12 bits per heavy atom. The third kappa shape index (κ3) is 5.75. The van der Waals surface area contributed by atoms with Gasteiger partial charge in [-0.25, -0.2) is 4.79 Å². The summed E-state index contributed by atoms with van der Waals surface area (Å²) in [6, 6.07) is 7.98. The summed E-state index contributed by atoms with van der Waals surface area (Å²) in [6.07, 6.45) is 1.98. The van der Waals surface area contributed by atoms with Gasteiger partial charge in [-0.3, -0.25) is 4.79 Å². The third-order valence-electron chi connectivity index (χ3n) is 3.34. The minimum Gasteiger partial charge on any atom is -0.550 e. The Kier molecular flexibility index (Phi) is 6.36. The topological polar surface area (TPSA) is 109 Å². The van der Waals surface area contributed by atoms with Crippen molar-refractivity contribution in [1.29, 1.82) is 0 Å². The standard InChI is InChI=1S/C17H19NO6/c19-15(18-9-3-1-2-4-16(20)21)11-23-13-7-5-12-6-8-17(22)24-14(12)10-13/h5-8,10H,1-4,9,11H2,(H,18,19)(H,20,21)/p-1. The zero-order chi connectivity index (χ0) is 17.4. The van der Waals surface area contributed by atoms with Crippen molar-refractivity contribution < 1.29 is 23.8 Å². The summed E-state index contributed by atoms with van der Waals surface area (Å²) in [5, 5.41) is 13.7. The quantitative estimate of drug-likeness (QED) is 0.532. The molecular weight excluding hydrogens is 314 g/mol. The van der Waals surface area contributed by atoms with E-state index in [-0.39, 0.29) is 18.9 Å². The monoisotopic (exact) mass is 332 g/mol. The summed E-state index contributed by atoms with van der Waals surface area (Å²) in [5.41, 5.74) is -0.0515. The summed E-state index contributed by atoms with van der Waals surface area (Å²) in [7, 11) is 0. The fraction of sp³-hybridized carbons (Fsp3) is 0.353. The highest BCUT2D eigenvalue weighted by Gasteiger charge is 2.04. The highest BCUT2D eigenvalue weighted by molar-refractivity contribution is 5.79. The number of amides is 1. The summed E-state index contributed by atoms with van der Waals surface area (Å²) in [4.78, 5) is 33.1. The van der Waals surface area contributed by atoms with Gasteiger partial charge in [0.15, 0.2) is 6.61 Å². The molecule has 0 aliphatic heterocycles. The van der Waals surface area contributed by atoms with Crippen LogP contribution in [0.15, 0.2) is 39.5 Å². The van der Waals surface area contributed by atoms with Gasteiger partial charge in [0.2, 0.25) is 0 Å². The van der Waals surface area contributed by atoms with Crippen molar-refractivity contribution in [1.82, 2.24) is 5.32 Å². The van der Waals surface area contributed by atoms with Gasteiger partial charge in [-0.15, -0.1) is 0 Å². The van der Waals surface area contributed by atoms with Gasteiger partial charge in [-0.2, -0.15) is 0 Å². The molecule has 24 heavy (non-hydrogen) atoms. The second-order valence-corrected chi connectivity index (χ2v) is 5.28. The molecule has 0 saturated carbocycles. The first-order valence-electron chi connectivity index (χ1n) is 7.68. The predicted octanol–water partition coefficient (Wildman–Crippen LogP) is 0.598. The SMILES string of the molecule is O=C([O-])CCCCCNC(=O)COc1ccc2ccc(=O)oc2c1. The van der Waals surface area contributed by atoms with E-state index in [9.17, 15) is 19.5 Å². The molecule has 1 aromatic carbocycles. The molecular formula is C17H18NO6-. The lowest BCUT2D eigenvalue weighted by atomic mass is 10.2. The van der Waals surface area contributed by atoms with Crippen LogP contribution in [0.3, 0.4) is 0 Å². The number of hydrogen-bond donors (Lipinski definition) is 1. The zero-order valence-electron chi connectivity index (χ0n) is 13.1. The number of carbonyl (C=O) groups is 2. The fourth-order valence-corrected chi connectivity index (χ4v) is 2.13. The molecule has 2 rings (SSSR count). The van der Waals surface area contributed by atoms with E-state index >= 15 is 0 Å². The molecule has 0 aliphatic carbocycles. The number of hydrogen-bond acceptors (Lipinski definition) is 6. The van der Waals surface area contributed by atoms with Crippen LogP contribution in [0.5, 0.6) is 5.75 Å². The number of unbranched alkanes of at least 4 members (excludes halogenated alkanes) is 2. The second-order valence-electron chi connectivity index (χ2n) is 5.28. The van der Waals surface area contributed by atoms with Crippen LogP contribution in [0, 0.1) is 0 Å². The largest absolute Gasteiger partial charge is 0.550 e. The van der Waals surface area contributed by atoms with Gasteiger partial charge >= 0.3 is 5.63 Å². The average molecular weight is 332 g/mol. The molecule has 0 radical (unpaired) electrons. The number of aliphatic carboxylic acids is 1. The number of carboxylic acids is 1. The van der Waals surface area contributed by atoms with E-state index in [0.29, 0.717) is 37.1 Å². The first-order chi connectivity index (χ1) is 11.5. The van der Waals surface area contributed by atoms with Gasteiger partial charge in [0.25, 0.3) is 5.91 Å². The van der Waals surface area contributed by atoms with Gasteiger partial charge in [0.1, 0.15) is 11.3 Å². The van der Waals surface area contributed by atoms with Crippen molar-refractivity contribution in [2.75, 3.05) is 13.2 Å². The maximum absolute atomic E-state index is 11.7. The summed E-state index contributed by atoms with van der Waals surface area (Å²) >= 11 is 0. The number of carboxylic acid groups (broad SMARTS) is 1. The van der Waals surface area contributed by atoms with Crippen LogP contribution < -0.4 is 20.8 Å². The Labute approximate surface area is 138 Å². The maximum atomic E-state index is 11.7. The van der Waals surface area contributed by atoms with Gasteiger partial charge in [-0.1, -0.05) is 6.42 Å². The molecule has 1 heterocycles. The Morgan fingerprint density at radius 3 is 2.71 bits per heavy atom. The summed E-state index contributed by atoms with van der Waals surface area (Å²) < 4.78 is 10.4. The molecule has 1 N–H and O–H groups in total. The van der Waals surface area contributed by atoms with E-state index in [1.807, 2.05) is 0 Å². The number of carbonyl (C=O) groups excluding carboxylic acids is 2. The van der Waals surface area contributed by atoms with Gasteiger partial charge in [0, 0.05) is 30.0 Å². The van der Waals surface area contributed by atoms with E-state index in [1.165, 1.54) is 6.07 Å². The predicted molar refractivity (Wildman–Crippen MR) is 84.5 cm³/mol. The van der Waals surface area contributed by atoms with Crippen LogP contribution in [0.4, 0.5) is 0 Å². The fourth-order valence-electron chi connectivity index (χ4n) is 2.13. The molecule has 0 fully saturated rings. The normalized spacial score (nSPS) is 10.5. The summed E-state index contributed by atoms with van der Waals surface area (Å²) in [6.45, 7) is 0.309. The molecule has 0 saturated heterocycles.